The fraction of sp³-hybridized carbons (Fsp3) is 0.250. The van der Waals surface area contributed by atoms with E-state index < -0.39 is 0 Å². The molecule has 1 atom stereocenters. The van der Waals surface area contributed by atoms with Crippen molar-refractivity contribution in [1.82, 2.24) is 4.90 Å². The van der Waals surface area contributed by atoms with Crippen LogP contribution in [-0.2, 0) is 0 Å². The van der Waals surface area contributed by atoms with Gasteiger partial charge >= 0.3 is 6.03 Å². The van der Waals surface area contributed by atoms with E-state index in [1.54, 1.807) is 41.3 Å². The Kier molecular flexibility index (Phi) is 5.91. The Morgan fingerprint density at radius 3 is 2.44 bits per heavy atom. The summed E-state index contributed by atoms with van der Waals surface area (Å²) in [5.74, 6) is -0.0469. The predicted molar refractivity (Wildman–Crippen MR) is 97.4 cm³/mol. The Balaban J connectivity index is 2.15. The van der Waals surface area contributed by atoms with Gasteiger partial charge in [0.2, 0.25) is 0 Å². The number of nitrogens with one attached hydrogen (secondary N) is 1. The van der Waals surface area contributed by atoms with Crippen LogP contribution in [0.1, 0.15) is 48.3 Å². The monoisotopic (exact) mass is 335 g/mol. The van der Waals surface area contributed by atoms with Crippen LogP contribution in [0.15, 0.2) is 48.5 Å². The first-order valence-electron chi connectivity index (χ1n) is 8.15. The van der Waals surface area contributed by atoms with Crippen molar-refractivity contribution in [2.45, 2.75) is 26.8 Å². The van der Waals surface area contributed by atoms with E-state index in [0.29, 0.717) is 23.4 Å². The number of hydrogen-bond acceptors (Lipinski definition) is 3. The highest BCUT2D eigenvalue weighted by molar-refractivity contribution is 5.96. The molecule has 5 heteroatoms. The first-order valence-corrected chi connectivity index (χ1v) is 8.15. The first kappa shape index (κ1) is 18.2. The van der Waals surface area contributed by atoms with Gasteiger partial charge in [-0.15, -0.1) is 0 Å². The first-order chi connectivity index (χ1) is 12.0. The number of anilines is 1. The fourth-order valence-corrected chi connectivity index (χ4v) is 2.62. The fourth-order valence-electron chi connectivity index (χ4n) is 2.62. The quantitative estimate of drug-likeness (QED) is 0.824. The number of ketones is 1. The lowest BCUT2D eigenvalue weighted by Gasteiger charge is -2.28. The van der Waals surface area contributed by atoms with Gasteiger partial charge in [0.15, 0.2) is 5.78 Å². The van der Waals surface area contributed by atoms with E-state index in [1.807, 2.05) is 26.0 Å². The molecule has 0 heterocycles. The van der Waals surface area contributed by atoms with Gasteiger partial charge in [-0.1, -0.05) is 24.3 Å². The summed E-state index contributed by atoms with van der Waals surface area (Å²) in [5, 5.41) is 11.7. The largest absolute Gasteiger partial charge is 0.322 e. The molecule has 0 aliphatic carbocycles. The molecule has 0 aromatic heterocycles. The number of benzene rings is 2. The van der Waals surface area contributed by atoms with Gasteiger partial charge in [-0.25, -0.2) is 4.79 Å². The van der Waals surface area contributed by atoms with E-state index in [-0.39, 0.29) is 17.9 Å². The highest BCUT2D eigenvalue weighted by Crippen LogP contribution is 2.22. The number of carbonyl (C=O) groups is 2. The minimum absolute atomic E-state index is 0.0469. The summed E-state index contributed by atoms with van der Waals surface area (Å²) in [6.07, 6.45) is 0. The molecule has 0 aliphatic rings. The molecule has 2 amide bonds. The zero-order chi connectivity index (χ0) is 18.4. The van der Waals surface area contributed by atoms with Crippen molar-refractivity contribution in [2.75, 3.05) is 11.9 Å². The minimum Gasteiger partial charge on any atom is -0.318 e. The van der Waals surface area contributed by atoms with E-state index in [0.717, 1.165) is 5.56 Å². The normalized spacial score (nSPS) is 11.3. The van der Waals surface area contributed by atoms with Gasteiger partial charge in [-0.3, -0.25) is 4.79 Å². The number of amides is 2. The van der Waals surface area contributed by atoms with Gasteiger partial charge < -0.3 is 10.2 Å². The molecule has 0 saturated carbocycles. The molecular formula is C20H21N3O2. The lowest BCUT2D eigenvalue weighted by molar-refractivity contribution is 0.101. The lowest BCUT2D eigenvalue weighted by Crippen LogP contribution is -2.36. The van der Waals surface area contributed by atoms with E-state index in [2.05, 4.69) is 11.4 Å². The summed E-state index contributed by atoms with van der Waals surface area (Å²) in [5.41, 5.74) is 2.68. The number of hydrogen-bond donors (Lipinski definition) is 1. The third-order valence-electron chi connectivity index (χ3n) is 4.11. The molecule has 0 bridgehead atoms. The van der Waals surface area contributed by atoms with Gasteiger partial charge in [-0.05, 0) is 50.6 Å². The van der Waals surface area contributed by atoms with Crippen LogP contribution in [0.25, 0.3) is 0 Å². The van der Waals surface area contributed by atoms with Crippen LogP contribution in [0, 0.1) is 11.3 Å². The van der Waals surface area contributed by atoms with Crippen molar-refractivity contribution in [1.29, 1.82) is 5.26 Å². The number of nitriles is 1. The third-order valence-corrected chi connectivity index (χ3v) is 4.11. The highest BCUT2D eigenvalue weighted by Gasteiger charge is 2.20. The third kappa shape index (κ3) is 4.45. The van der Waals surface area contributed by atoms with Gasteiger partial charge in [-0.2, -0.15) is 5.26 Å². The Bertz CT molecular complexity index is 806. The van der Waals surface area contributed by atoms with Crippen molar-refractivity contribution in [2.24, 2.45) is 0 Å². The van der Waals surface area contributed by atoms with Crippen LogP contribution in [-0.4, -0.2) is 23.3 Å². The Labute approximate surface area is 147 Å². The molecule has 2 aromatic carbocycles. The summed E-state index contributed by atoms with van der Waals surface area (Å²) in [4.78, 5) is 25.8. The second-order valence-corrected chi connectivity index (χ2v) is 5.76. The van der Waals surface area contributed by atoms with E-state index >= 15 is 0 Å². The topological polar surface area (TPSA) is 73.2 Å². The molecule has 5 nitrogen and oxygen atoms in total. The zero-order valence-corrected chi connectivity index (χ0v) is 14.6. The molecule has 2 aromatic rings. The molecule has 0 aliphatic heterocycles. The zero-order valence-electron chi connectivity index (χ0n) is 14.6. The minimum atomic E-state index is -0.236. The Morgan fingerprint density at radius 2 is 1.88 bits per heavy atom. The molecule has 0 radical (unpaired) electrons. The highest BCUT2D eigenvalue weighted by atomic mass is 16.2. The van der Waals surface area contributed by atoms with E-state index in [9.17, 15) is 9.59 Å². The summed E-state index contributed by atoms with van der Waals surface area (Å²) >= 11 is 0. The van der Waals surface area contributed by atoms with E-state index in [4.69, 9.17) is 5.26 Å². The second-order valence-electron chi connectivity index (χ2n) is 5.76. The summed E-state index contributed by atoms with van der Waals surface area (Å²) in [6.45, 7) is 5.87. The standard InChI is InChI=1S/C20H21N3O2/c1-4-23(14(2)17-10-8-16(13-21)9-11-17)20(25)22-19-7-5-6-18(12-19)15(3)24/h5-12,14H,4H2,1-3H3,(H,22,25). The SMILES string of the molecule is CCN(C(=O)Nc1cccc(C(C)=O)c1)C(C)c1ccc(C#N)cc1. The molecule has 128 valence electrons. The maximum Gasteiger partial charge on any atom is 0.322 e. The molecule has 1 N–H and O–H groups in total. The number of rotatable bonds is 5. The van der Waals surface area contributed by atoms with Gasteiger partial charge in [0.1, 0.15) is 0 Å². The Hall–Kier alpha value is -3.13. The van der Waals surface area contributed by atoms with Crippen molar-refractivity contribution >= 4 is 17.5 Å². The summed E-state index contributed by atoms with van der Waals surface area (Å²) in [6, 6.07) is 15.8. The van der Waals surface area contributed by atoms with Crippen LogP contribution in [0.5, 0.6) is 0 Å². The molecular weight excluding hydrogens is 314 g/mol. The van der Waals surface area contributed by atoms with Crippen molar-refractivity contribution in [3.8, 4) is 6.07 Å². The van der Waals surface area contributed by atoms with Gasteiger partial charge in [0.25, 0.3) is 0 Å². The van der Waals surface area contributed by atoms with Crippen LogP contribution >= 0.6 is 0 Å². The van der Waals surface area contributed by atoms with Gasteiger partial charge in [0, 0.05) is 17.8 Å². The molecule has 2 rings (SSSR count). The van der Waals surface area contributed by atoms with Crippen LogP contribution in [0.3, 0.4) is 0 Å². The number of Topliss-reactive ketones (excluding diaryl/α,β-unsaturated/α-hetero) is 1. The van der Waals surface area contributed by atoms with Crippen molar-refractivity contribution in [3.05, 3.63) is 65.2 Å². The molecule has 0 fully saturated rings. The van der Waals surface area contributed by atoms with Crippen molar-refractivity contribution in [3.63, 3.8) is 0 Å². The lowest BCUT2D eigenvalue weighted by atomic mass is 10.1. The second kappa shape index (κ2) is 8.11. The summed E-state index contributed by atoms with van der Waals surface area (Å²) in [7, 11) is 0. The van der Waals surface area contributed by atoms with E-state index in [1.165, 1.54) is 6.92 Å². The average Bonchev–Trinajstić information content (AvgIpc) is 2.62. The predicted octanol–water partition coefficient (Wildman–Crippen LogP) is 4.38. The molecule has 25 heavy (non-hydrogen) atoms. The maximum atomic E-state index is 12.6. The Morgan fingerprint density at radius 1 is 1.20 bits per heavy atom. The maximum absolute atomic E-state index is 12.6. The van der Waals surface area contributed by atoms with Crippen LogP contribution in [0.4, 0.5) is 10.5 Å². The van der Waals surface area contributed by atoms with Crippen LogP contribution < -0.4 is 5.32 Å². The average molecular weight is 335 g/mol. The molecule has 0 saturated heterocycles. The number of nitrogens with zero attached hydrogens (tertiary/aromatic N) is 2. The molecule has 1 unspecified atom stereocenters. The van der Waals surface area contributed by atoms with Crippen molar-refractivity contribution < 1.29 is 9.59 Å². The van der Waals surface area contributed by atoms with Gasteiger partial charge in [0.05, 0.1) is 17.7 Å². The summed E-state index contributed by atoms with van der Waals surface area (Å²) < 4.78 is 0. The smallest absolute Gasteiger partial charge is 0.318 e. The number of urea groups is 1. The molecule has 0 spiro atoms. The number of carbonyl (C=O) groups excluding carboxylic acids is 2. The van der Waals surface area contributed by atoms with Crippen LogP contribution in [0.2, 0.25) is 0 Å².